The molecule has 0 aliphatic rings. The first-order valence-electron chi connectivity index (χ1n) is 6.93. The van der Waals surface area contributed by atoms with Crippen LogP contribution in [0.3, 0.4) is 0 Å². The van der Waals surface area contributed by atoms with Gasteiger partial charge < -0.3 is 4.74 Å². The highest BCUT2D eigenvalue weighted by molar-refractivity contribution is 7.17. The number of ether oxygens (including phenoxy) is 1. The lowest BCUT2D eigenvalue weighted by atomic mass is 10.1. The van der Waals surface area contributed by atoms with Crippen molar-refractivity contribution in [3.05, 3.63) is 46.4 Å². The molecule has 23 heavy (non-hydrogen) atoms. The van der Waals surface area contributed by atoms with Crippen LogP contribution in [0.25, 0.3) is 21.3 Å². The maximum Gasteiger partial charge on any atom is 0.313 e. The number of hydrogen-bond donors (Lipinski definition) is 0. The maximum absolute atomic E-state index is 13.1. The van der Waals surface area contributed by atoms with E-state index >= 15 is 0 Å². The molecule has 3 rings (SSSR count). The quantitative estimate of drug-likeness (QED) is 0.521. The summed E-state index contributed by atoms with van der Waals surface area (Å²) in [5, 5.41) is 2.87. The molecule has 0 aliphatic carbocycles. The lowest BCUT2D eigenvalue weighted by Gasteiger charge is -2.04. The van der Waals surface area contributed by atoms with Gasteiger partial charge in [-0.25, -0.2) is 14.4 Å². The van der Waals surface area contributed by atoms with Crippen molar-refractivity contribution in [2.24, 2.45) is 0 Å². The number of aromatic nitrogens is 2. The second kappa shape index (κ2) is 6.60. The Morgan fingerprint density at radius 2 is 2.04 bits per heavy atom. The Balaban J connectivity index is 2.01. The van der Waals surface area contributed by atoms with Gasteiger partial charge in [0.25, 0.3) is 0 Å². The van der Waals surface area contributed by atoms with Gasteiger partial charge in [-0.05, 0) is 24.6 Å². The Bertz CT molecular complexity index is 864. The Hall–Kier alpha value is -2.05. The molecule has 0 spiro atoms. The van der Waals surface area contributed by atoms with E-state index in [9.17, 15) is 9.18 Å². The highest BCUT2D eigenvalue weighted by Gasteiger charge is 2.16. The fourth-order valence-corrected chi connectivity index (χ4v) is 3.51. The van der Waals surface area contributed by atoms with Gasteiger partial charge in [0.05, 0.1) is 12.0 Å². The van der Waals surface area contributed by atoms with Crippen molar-refractivity contribution >= 4 is 39.1 Å². The second-order valence-corrected chi connectivity index (χ2v) is 5.96. The van der Waals surface area contributed by atoms with Gasteiger partial charge in [-0.3, -0.25) is 4.79 Å². The third-order valence-corrected chi connectivity index (χ3v) is 4.34. The van der Waals surface area contributed by atoms with E-state index in [1.807, 2.05) is 5.38 Å². The largest absolute Gasteiger partial charge is 0.466 e. The van der Waals surface area contributed by atoms with Gasteiger partial charge in [0.15, 0.2) is 0 Å². The third kappa shape index (κ3) is 3.33. The summed E-state index contributed by atoms with van der Waals surface area (Å²) < 4.78 is 18.0. The maximum atomic E-state index is 13.1. The number of hydrogen-bond acceptors (Lipinski definition) is 5. The number of fused-ring (bicyclic) bond motifs is 1. The first kappa shape index (κ1) is 15.8. The van der Waals surface area contributed by atoms with Gasteiger partial charge in [-0.15, -0.1) is 11.3 Å². The van der Waals surface area contributed by atoms with Crippen LogP contribution in [0.4, 0.5) is 4.39 Å². The fourth-order valence-electron chi connectivity index (χ4n) is 2.20. The zero-order valence-electron chi connectivity index (χ0n) is 12.2. The van der Waals surface area contributed by atoms with Crippen LogP contribution in [0, 0.1) is 5.82 Å². The molecule has 0 saturated carbocycles. The molecule has 0 unspecified atom stereocenters. The third-order valence-electron chi connectivity index (χ3n) is 3.20. The number of rotatable bonds is 4. The number of thiophene rings is 1. The van der Waals surface area contributed by atoms with Gasteiger partial charge in [-0.2, -0.15) is 0 Å². The van der Waals surface area contributed by atoms with Crippen LogP contribution >= 0.6 is 22.9 Å². The summed E-state index contributed by atoms with van der Waals surface area (Å²) in [6.45, 7) is 2.05. The Morgan fingerprint density at radius 1 is 1.30 bits per heavy atom. The van der Waals surface area contributed by atoms with Gasteiger partial charge in [0, 0.05) is 10.9 Å². The minimum atomic E-state index is -0.391. The second-order valence-electron chi connectivity index (χ2n) is 4.75. The van der Waals surface area contributed by atoms with Gasteiger partial charge >= 0.3 is 5.97 Å². The van der Waals surface area contributed by atoms with Crippen molar-refractivity contribution in [2.75, 3.05) is 6.61 Å². The summed E-state index contributed by atoms with van der Waals surface area (Å²) in [6, 6.07) is 6.14. The van der Waals surface area contributed by atoms with Crippen LogP contribution in [-0.2, 0) is 16.0 Å². The highest BCUT2D eigenvalue weighted by Crippen LogP contribution is 2.36. The average molecular weight is 351 g/mol. The van der Waals surface area contributed by atoms with Crippen LogP contribution in [0.1, 0.15) is 12.7 Å². The first-order chi connectivity index (χ1) is 11.1. The van der Waals surface area contributed by atoms with Crippen molar-refractivity contribution in [3.63, 3.8) is 0 Å². The SMILES string of the molecule is CCOC(=O)Cc1nc(Cl)c2c(-c3ccc(F)cc3)csc2n1. The minimum Gasteiger partial charge on any atom is -0.466 e. The number of halogens is 2. The molecule has 4 nitrogen and oxygen atoms in total. The molecule has 1 aromatic carbocycles. The smallest absolute Gasteiger partial charge is 0.313 e. The molecular formula is C16H12ClFN2O2S. The van der Waals surface area contributed by atoms with E-state index < -0.39 is 5.97 Å². The van der Waals surface area contributed by atoms with E-state index in [0.717, 1.165) is 11.1 Å². The van der Waals surface area contributed by atoms with Crippen LogP contribution in [0.2, 0.25) is 5.15 Å². The molecule has 0 amide bonds. The standard InChI is InChI=1S/C16H12ClFN2O2S/c1-2-22-13(21)7-12-19-15(17)14-11(8-23-16(14)20-12)9-3-5-10(18)6-4-9/h3-6,8H,2,7H2,1H3. The van der Waals surface area contributed by atoms with Crippen molar-refractivity contribution in [3.8, 4) is 11.1 Å². The van der Waals surface area contributed by atoms with Gasteiger partial charge in [-0.1, -0.05) is 23.7 Å². The molecule has 2 aromatic heterocycles. The molecule has 118 valence electrons. The number of nitrogens with zero attached hydrogens (tertiary/aromatic N) is 2. The zero-order chi connectivity index (χ0) is 16.4. The predicted molar refractivity (Wildman–Crippen MR) is 88.2 cm³/mol. The molecule has 0 bridgehead atoms. The van der Waals surface area contributed by atoms with Crippen LogP contribution in [-0.4, -0.2) is 22.5 Å². The molecule has 0 saturated heterocycles. The van der Waals surface area contributed by atoms with Crippen molar-refractivity contribution < 1.29 is 13.9 Å². The van der Waals surface area contributed by atoms with Gasteiger partial charge in [0.2, 0.25) is 0 Å². The fraction of sp³-hybridized carbons (Fsp3) is 0.188. The van der Waals surface area contributed by atoms with Crippen molar-refractivity contribution in [1.29, 1.82) is 0 Å². The molecule has 0 atom stereocenters. The van der Waals surface area contributed by atoms with Crippen molar-refractivity contribution in [1.82, 2.24) is 9.97 Å². The molecule has 0 fully saturated rings. The van der Waals surface area contributed by atoms with E-state index in [1.165, 1.54) is 23.5 Å². The molecule has 0 N–H and O–H groups in total. The minimum absolute atomic E-state index is 0.0206. The molecule has 7 heteroatoms. The zero-order valence-corrected chi connectivity index (χ0v) is 13.7. The summed E-state index contributed by atoms with van der Waals surface area (Å²) in [6.07, 6.45) is -0.0206. The lowest BCUT2D eigenvalue weighted by molar-refractivity contribution is -0.142. The summed E-state index contributed by atoms with van der Waals surface area (Å²) in [5.74, 6) is -0.362. The van der Waals surface area contributed by atoms with Crippen LogP contribution in [0.5, 0.6) is 0 Å². The number of carbonyl (C=O) groups is 1. The number of esters is 1. The number of carbonyl (C=O) groups excluding carboxylic acids is 1. The van der Waals surface area contributed by atoms with E-state index in [1.54, 1.807) is 19.1 Å². The topological polar surface area (TPSA) is 52.1 Å². The Morgan fingerprint density at radius 3 is 2.74 bits per heavy atom. The summed E-state index contributed by atoms with van der Waals surface area (Å²) in [5.41, 5.74) is 1.68. The monoisotopic (exact) mass is 350 g/mol. The lowest BCUT2D eigenvalue weighted by Crippen LogP contribution is -2.10. The molecule has 0 radical (unpaired) electrons. The van der Waals surface area contributed by atoms with E-state index in [4.69, 9.17) is 16.3 Å². The average Bonchev–Trinajstić information content (AvgIpc) is 2.92. The van der Waals surface area contributed by atoms with E-state index in [-0.39, 0.29) is 17.4 Å². The highest BCUT2D eigenvalue weighted by atomic mass is 35.5. The molecular weight excluding hydrogens is 339 g/mol. The van der Waals surface area contributed by atoms with Crippen LogP contribution < -0.4 is 0 Å². The normalized spacial score (nSPS) is 10.9. The van der Waals surface area contributed by atoms with E-state index in [2.05, 4.69) is 9.97 Å². The van der Waals surface area contributed by atoms with Crippen LogP contribution in [0.15, 0.2) is 29.6 Å². The van der Waals surface area contributed by atoms with Crippen molar-refractivity contribution in [2.45, 2.75) is 13.3 Å². The summed E-state index contributed by atoms with van der Waals surface area (Å²) >= 11 is 7.68. The Labute approximate surface area is 140 Å². The molecule has 2 heterocycles. The summed E-state index contributed by atoms with van der Waals surface area (Å²) in [7, 11) is 0. The predicted octanol–water partition coefficient (Wildman–Crippen LogP) is 4.26. The molecule has 0 aliphatic heterocycles. The van der Waals surface area contributed by atoms with Gasteiger partial charge in [0.1, 0.15) is 28.0 Å². The van der Waals surface area contributed by atoms with E-state index in [0.29, 0.717) is 22.6 Å². The first-order valence-corrected chi connectivity index (χ1v) is 8.19. The molecule has 3 aromatic rings. The Kier molecular flexibility index (Phi) is 4.54. The number of benzene rings is 1. The summed E-state index contributed by atoms with van der Waals surface area (Å²) in [4.78, 5) is 20.8.